The highest BCUT2D eigenvalue weighted by Gasteiger charge is 2.07. The number of nitrogens with zero attached hydrogens (tertiary/aromatic N) is 3. The van der Waals surface area contributed by atoms with Crippen LogP contribution in [0.1, 0.15) is 16.1 Å². The number of nitrogens with one attached hydrogen (secondary N) is 1. The minimum absolute atomic E-state index is 0.0959. The first-order chi connectivity index (χ1) is 9.06. The van der Waals surface area contributed by atoms with Crippen molar-refractivity contribution in [2.45, 2.75) is 13.5 Å². The van der Waals surface area contributed by atoms with Crippen molar-refractivity contribution in [3.05, 3.63) is 41.5 Å². The largest absolute Gasteiger partial charge is 0.476 e. The highest BCUT2D eigenvalue weighted by Crippen LogP contribution is 2.13. The summed E-state index contributed by atoms with van der Waals surface area (Å²) in [7, 11) is 0. The van der Waals surface area contributed by atoms with Crippen molar-refractivity contribution < 1.29 is 14.3 Å². The second-order valence-corrected chi connectivity index (χ2v) is 4.06. The van der Waals surface area contributed by atoms with Crippen molar-refractivity contribution in [2.75, 3.05) is 11.9 Å². The molecular weight excluding hydrogens is 251 g/mol. The lowest BCUT2D eigenvalue weighted by Crippen LogP contribution is -2.11. The molecule has 0 bridgehead atoms. The van der Waals surface area contributed by atoms with E-state index in [1.807, 2.05) is 0 Å². The van der Waals surface area contributed by atoms with Gasteiger partial charge in [0.1, 0.15) is 5.82 Å². The first kappa shape index (κ1) is 13.0. The van der Waals surface area contributed by atoms with Gasteiger partial charge in [0, 0.05) is 12.2 Å². The average molecular weight is 264 g/mol. The third-order valence-corrected chi connectivity index (χ3v) is 2.60. The van der Waals surface area contributed by atoms with Crippen LogP contribution in [-0.2, 0) is 6.54 Å². The SMILES string of the molecule is Cc1ccc(NCCn2cc(C(=O)O)nn2)cc1F. The van der Waals surface area contributed by atoms with E-state index in [1.54, 1.807) is 19.1 Å². The highest BCUT2D eigenvalue weighted by molar-refractivity contribution is 5.84. The monoisotopic (exact) mass is 264 g/mol. The zero-order valence-electron chi connectivity index (χ0n) is 10.3. The molecule has 0 atom stereocenters. The molecule has 0 unspecified atom stereocenters. The normalized spacial score (nSPS) is 10.4. The molecule has 1 heterocycles. The van der Waals surface area contributed by atoms with Crippen LogP contribution in [0.15, 0.2) is 24.4 Å². The van der Waals surface area contributed by atoms with Gasteiger partial charge in [-0.25, -0.2) is 13.9 Å². The zero-order valence-corrected chi connectivity index (χ0v) is 10.3. The van der Waals surface area contributed by atoms with Gasteiger partial charge in [-0.1, -0.05) is 11.3 Å². The van der Waals surface area contributed by atoms with Gasteiger partial charge >= 0.3 is 5.97 Å². The molecule has 0 fully saturated rings. The fourth-order valence-electron chi connectivity index (χ4n) is 1.52. The van der Waals surface area contributed by atoms with E-state index in [0.29, 0.717) is 24.3 Å². The lowest BCUT2D eigenvalue weighted by Gasteiger charge is -2.07. The minimum atomic E-state index is -1.11. The molecule has 19 heavy (non-hydrogen) atoms. The predicted molar refractivity (Wildman–Crippen MR) is 66.6 cm³/mol. The summed E-state index contributed by atoms with van der Waals surface area (Å²) in [4.78, 5) is 10.6. The van der Waals surface area contributed by atoms with E-state index in [0.717, 1.165) is 0 Å². The van der Waals surface area contributed by atoms with Crippen LogP contribution in [0.25, 0.3) is 0 Å². The van der Waals surface area contributed by atoms with Crippen molar-refractivity contribution in [1.82, 2.24) is 15.0 Å². The van der Waals surface area contributed by atoms with E-state index < -0.39 is 5.97 Å². The standard InChI is InChI=1S/C12H13FN4O2/c1-8-2-3-9(6-10(8)13)14-4-5-17-7-11(12(18)19)15-16-17/h2-3,6-7,14H,4-5H2,1H3,(H,18,19). The maximum Gasteiger partial charge on any atom is 0.358 e. The van der Waals surface area contributed by atoms with Crippen LogP contribution in [0, 0.1) is 12.7 Å². The Hall–Kier alpha value is -2.44. The third-order valence-electron chi connectivity index (χ3n) is 2.60. The quantitative estimate of drug-likeness (QED) is 0.856. The maximum atomic E-state index is 13.3. The number of rotatable bonds is 5. The van der Waals surface area contributed by atoms with Crippen LogP contribution in [0.2, 0.25) is 0 Å². The topological polar surface area (TPSA) is 80.0 Å². The smallest absolute Gasteiger partial charge is 0.358 e. The Labute approximate surface area is 108 Å². The number of anilines is 1. The molecule has 100 valence electrons. The zero-order chi connectivity index (χ0) is 13.8. The van der Waals surface area contributed by atoms with Gasteiger partial charge in [-0.3, -0.25) is 0 Å². The number of carbonyl (C=O) groups is 1. The van der Waals surface area contributed by atoms with Crippen molar-refractivity contribution in [3.63, 3.8) is 0 Å². The number of carboxylic acid groups (broad SMARTS) is 1. The number of carboxylic acids is 1. The molecule has 2 rings (SSSR count). The van der Waals surface area contributed by atoms with E-state index in [1.165, 1.54) is 16.9 Å². The lowest BCUT2D eigenvalue weighted by molar-refractivity contribution is 0.0690. The van der Waals surface area contributed by atoms with E-state index in [9.17, 15) is 9.18 Å². The molecule has 0 aliphatic rings. The Morgan fingerprint density at radius 2 is 2.32 bits per heavy atom. The molecule has 0 aliphatic carbocycles. The molecule has 0 aliphatic heterocycles. The maximum absolute atomic E-state index is 13.3. The molecular formula is C12H13FN4O2. The van der Waals surface area contributed by atoms with Crippen molar-refractivity contribution >= 4 is 11.7 Å². The highest BCUT2D eigenvalue weighted by atomic mass is 19.1. The van der Waals surface area contributed by atoms with Crippen LogP contribution in [-0.4, -0.2) is 32.6 Å². The molecule has 0 amide bonds. The molecule has 0 saturated heterocycles. The van der Waals surface area contributed by atoms with Crippen LogP contribution < -0.4 is 5.32 Å². The van der Waals surface area contributed by atoms with Crippen molar-refractivity contribution in [3.8, 4) is 0 Å². The van der Waals surface area contributed by atoms with Gasteiger partial charge in [0.15, 0.2) is 5.69 Å². The average Bonchev–Trinajstić information content (AvgIpc) is 2.83. The molecule has 2 aromatic rings. The summed E-state index contributed by atoms with van der Waals surface area (Å²) in [6, 6.07) is 4.89. The number of hydrogen-bond donors (Lipinski definition) is 2. The van der Waals surface area contributed by atoms with Crippen LogP contribution in [0.5, 0.6) is 0 Å². The first-order valence-corrected chi connectivity index (χ1v) is 5.70. The molecule has 0 saturated carbocycles. The van der Waals surface area contributed by atoms with E-state index in [-0.39, 0.29) is 11.5 Å². The van der Waals surface area contributed by atoms with Crippen LogP contribution in [0.4, 0.5) is 10.1 Å². The number of aromatic carboxylic acids is 1. The van der Waals surface area contributed by atoms with Gasteiger partial charge in [0.2, 0.25) is 0 Å². The summed E-state index contributed by atoms with van der Waals surface area (Å²) < 4.78 is 14.7. The molecule has 1 aromatic heterocycles. The summed E-state index contributed by atoms with van der Waals surface area (Å²) in [6.45, 7) is 2.63. The number of halogens is 1. The molecule has 1 aromatic carbocycles. The Bertz CT molecular complexity index is 597. The predicted octanol–water partition coefficient (Wildman–Crippen LogP) is 1.54. The first-order valence-electron chi connectivity index (χ1n) is 5.70. The Kier molecular flexibility index (Phi) is 3.74. The summed E-state index contributed by atoms with van der Waals surface area (Å²) in [6.07, 6.45) is 1.35. The van der Waals surface area contributed by atoms with Crippen LogP contribution >= 0.6 is 0 Å². The van der Waals surface area contributed by atoms with Crippen LogP contribution in [0.3, 0.4) is 0 Å². The summed E-state index contributed by atoms with van der Waals surface area (Å²) in [5.41, 5.74) is 1.16. The molecule has 2 N–H and O–H groups in total. The summed E-state index contributed by atoms with van der Waals surface area (Å²) in [5.74, 6) is -1.38. The van der Waals surface area contributed by atoms with Gasteiger partial charge in [-0.05, 0) is 24.6 Å². The number of benzene rings is 1. The molecule has 7 heteroatoms. The second kappa shape index (κ2) is 5.47. The number of aryl methyl sites for hydroxylation is 1. The molecule has 0 radical (unpaired) electrons. The second-order valence-electron chi connectivity index (χ2n) is 4.06. The fraction of sp³-hybridized carbons (Fsp3) is 0.250. The van der Waals surface area contributed by atoms with E-state index in [4.69, 9.17) is 5.11 Å². The fourth-order valence-corrected chi connectivity index (χ4v) is 1.52. The van der Waals surface area contributed by atoms with Crippen molar-refractivity contribution in [2.24, 2.45) is 0 Å². The van der Waals surface area contributed by atoms with Gasteiger partial charge in [0.05, 0.1) is 12.7 Å². The Morgan fingerprint density at radius 3 is 2.95 bits per heavy atom. The van der Waals surface area contributed by atoms with E-state index >= 15 is 0 Å². The Morgan fingerprint density at radius 1 is 1.53 bits per heavy atom. The van der Waals surface area contributed by atoms with Gasteiger partial charge in [0.25, 0.3) is 0 Å². The molecule has 0 spiro atoms. The number of hydrogen-bond acceptors (Lipinski definition) is 4. The van der Waals surface area contributed by atoms with E-state index in [2.05, 4.69) is 15.6 Å². The number of aromatic nitrogens is 3. The van der Waals surface area contributed by atoms with Gasteiger partial charge in [-0.15, -0.1) is 5.10 Å². The lowest BCUT2D eigenvalue weighted by atomic mass is 10.2. The van der Waals surface area contributed by atoms with Gasteiger partial charge in [-0.2, -0.15) is 0 Å². The van der Waals surface area contributed by atoms with Gasteiger partial charge < -0.3 is 10.4 Å². The molecule has 6 nitrogen and oxygen atoms in total. The summed E-state index contributed by atoms with van der Waals surface area (Å²) >= 11 is 0. The minimum Gasteiger partial charge on any atom is -0.476 e. The van der Waals surface area contributed by atoms with Crippen molar-refractivity contribution in [1.29, 1.82) is 0 Å². The summed E-state index contributed by atoms with van der Waals surface area (Å²) in [5, 5.41) is 18.9. The Balaban J connectivity index is 1.88. The third kappa shape index (κ3) is 3.27.